The number of amides is 2. The number of para-hydroxylation sites is 2. The molecule has 5 rings (SSSR count). The fourth-order valence-corrected chi connectivity index (χ4v) is 4.12. The Morgan fingerprint density at radius 3 is 2.38 bits per heavy atom. The lowest BCUT2D eigenvalue weighted by molar-refractivity contribution is -0.111. The van der Waals surface area contributed by atoms with E-state index in [2.05, 4.69) is 22.3 Å². The highest BCUT2D eigenvalue weighted by atomic mass is 16.7. The number of carbonyl (C=O) groups excluding carboxylic acids is 2. The predicted octanol–water partition coefficient (Wildman–Crippen LogP) is 4.03. The highest BCUT2D eigenvalue weighted by Crippen LogP contribution is 2.32. The molecular weight excluding hydrogens is 430 g/mol. The molecule has 0 aromatic heterocycles. The molecule has 172 valence electrons. The number of hydrogen-bond acceptors (Lipinski definition) is 5. The molecule has 2 aliphatic rings. The van der Waals surface area contributed by atoms with E-state index in [0.717, 1.165) is 24.3 Å². The molecule has 2 amide bonds. The molecule has 7 heteroatoms. The van der Waals surface area contributed by atoms with E-state index < -0.39 is 0 Å². The second-order valence-corrected chi connectivity index (χ2v) is 8.10. The lowest BCUT2D eigenvalue weighted by Gasteiger charge is -2.36. The number of hydrogen-bond donors (Lipinski definition) is 1. The van der Waals surface area contributed by atoms with Crippen LogP contribution < -0.4 is 19.7 Å². The van der Waals surface area contributed by atoms with Crippen LogP contribution in [0, 0.1) is 0 Å². The van der Waals surface area contributed by atoms with Gasteiger partial charge >= 0.3 is 0 Å². The van der Waals surface area contributed by atoms with E-state index in [-0.39, 0.29) is 18.6 Å². The number of carbonyl (C=O) groups is 2. The molecule has 0 bridgehead atoms. The van der Waals surface area contributed by atoms with Crippen LogP contribution in [0.4, 0.5) is 11.4 Å². The Hall–Kier alpha value is -4.26. The monoisotopic (exact) mass is 455 g/mol. The third-order valence-electron chi connectivity index (χ3n) is 5.93. The molecule has 1 fully saturated rings. The zero-order valence-corrected chi connectivity index (χ0v) is 18.6. The van der Waals surface area contributed by atoms with Crippen molar-refractivity contribution in [1.82, 2.24) is 4.90 Å². The summed E-state index contributed by atoms with van der Waals surface area (Å²) in [5, 5.41) is 2.85. The van der Waals surface area contributed by atoms with E-state index in [4.69, 9.17) is 9.47 Å². The lowest BCUT2D eigenvalue weighted by atomic mass is 10.1. The predicted molar refractivity (Wildman–Crippen MR) is 131 cm³/mol. The van der Waals surface area contributed by atoms with Crippen molar-refractivity contribution in [3.8, 4) is 11.5 Å². The van der Waals surface area contributed by atoms with Crippen LogP contribution in [-0.4, -0.2) is 49.7 Å². The van der Waals surface area contributed by atoms with E-state index in [1.165, 1.54) is 6.08 Å². The van der Waals surface area contributed by atoms with Gasteiger partial charge in [-0.25, -0.2) is 0 Å². The maximum Gasteiger partial charge on any atom is 0.256 e. The molecule has 3 aromatic rings. The Labute approximate surface area is 198 Å². The Kier molecular flexibility index (Phi) is 6.16. The van der Waals surface area contributed by atoms with Crippen LogP contribution in [0.2, 0.25) is 0 Å². The largest absolute Gasteiger partial charge is 0.454 e. The van der Waals surface area contributed by atoms with Crippen LogP contribution in [0.25, 0.3) is 6.08 Å². The summed E-state index contributed by atoms with van der Waals surface area (Å²) in [5.74, 6) is 0.958. The van der Waals surface area contributed by atoms with Gasteiger partial charge in [0.1, 0.15) is 0 Å². The molecule has 0 saturated carbocycles. The molecule has 0 atom stereocenters. The van der Waals surface area contributed by atoms with Crippen LogP contribution in [-0.2, 0) is 4.79 Å². The first-order valence-electron chi connectivity index (χ1n) is 11.2. The van der Waals surface area contributed by atoms with Crippen molar-refractivity contribution in [2.75, 3.05) is 43.2 Å². The van der Waals surface area contributed by atoms with Crippen molar-refractivity contribution in [2.45, 2.75) is 0 Å². The lowest BCUT2D eigenvalue weighted by Crippen LogP contribution is -2.48. The molecule has 0 unspecified atom stereocenters. The van der Waals surface area contributed by atoms with Crippen molar-refractivity contribution in [2.24, 2.45) is 0 Å². The number of rotatable bonds is 5. The topological polar surface area (TPSA) is 71.1 Å². The number of nitrogens with one attached hydrogen (secondary N) is 1. The van der Waals surface area contributed by atoms with Crippen molar-refractivity contribution in [3.63, 3.8) is 0 Å². The van der Waals surface area contributed by atoms with E-state index in [0.29, 0.717) is 35.8 Å². The summed E-state index contributed by atoms with van der Waals surface area (Å²) in [6.07, 6.45) is 3.14. The molecule has 3 aromatic carbocycles. The van der Waals surface area contributed by atoms with Crippen LogP contribution >= 0.6 is 0 Å². The molecule has 0 aliphatic carbocycles. The van der Waals surface area contributed by atoms with Gasteiger partial charge < -0.3 is 24.6 Å². The summed E-state index contributed by atoms with van der Waals surface area (Å²) in [6, 6.07) is 22.8. The third kappa shape index (κ3) is 4.73. The van der Waals surface area contributed by atoms with Crippen LogP contribution in [0.1, 0.15) is 15.9 Å². The number of fused-ring (bicyclic) bond motifs is 1. The van der Waals surface area contributed by atoms with Gasteiger partial charge in [-0.1, -0.05) is 36.4 Å². The molecule has 1 saturated heterocycles. The summed E-state index contributed by atoms with van der Waals surface area (Å²) in [7, 11) is 0. The Balaban J connectivity index is 1.22. The van der Waals surface area contributed by atoms with Gasteiger partial charge in [0.25, 0.3) is 5.91 Å². The van der Waals surface area contributed by atoms with Gasteiger partial charge in [-0.3, -0.25) is 9.59 Å². The number of anilines is 2. The summed E-state index contributed by atoms with van der Waals surface area (Å²) in [5.41, 5.74) is 2.97. The van der Waals surface area contributed by atoms with Crippen LogP contribution in [0.15, 0.2) is 78.9 Å². The second kappa shape index (κ2) is 9.70. The van der Waals surface area contributed by atoms with E-state index in [1.807, 2.05) is 47.4 Å². The standard InChI is InChI=1S/C27H25N3O4/c31-26(13-11-20-10-12-24-25(18-20)34-19-33-24)28-23-9-5-4-8-22(23)27(32)30-16-14-29(15-17-30)21-6-2-1-3-7-21/h1-13,18H,14-17,19H2,(H,28,31). The highest BCUT2D eigenvalue weighted by molar-refractivity contribution is 6.07. The summed E-state index contributed by atoms with van der Waals surface area (Å²) in [4.78, 5) is 29.9. The fourth-order valence-electron chi connectivity index (χ4n) is 4.12. The van der Waals surface area contributed by atoms with Crippen molar-refractivity contribution < 1.29 is 19.1 Å². The summed E-state index contributed by atoms with van der Waals surface area (Å²) < 4.78 is 10.7. The molecular formula is C27H25N3O4. The number of nitrogens with zero attached hydrogens (tertiary/aromatic N) is 2. The Bertz CT molecular complexity index is 1220. The van der Waals surface area contributed by atoms with Gasteiger partial charge in [0.05, 0.1) is 11.3 Å². The van der Waals surface area contributed by atoms with Gasteiger partial charge in [-0.15, -0.1) is 0 Å². The van der Waals surface area contributed by atoms with Gasteiger partial charge in [0, 0.05) is 37.9 Å². The van der Waals surface area contributed by atoms with Gasteiger partial charge in [-0.05, 0) is 48.0 Å². The molecule has 7 nitrogen and oxygen atoms in total. The van der Waals surface area contributed by atoms with Crippen LogP contribution in [0.5, 0.6) is 11.5 Å². The normalized spacial score (nSPS) is 14.9. The fraction of sp³-hybridized carbons (Fsp3) is 0.185. The minimum absolute atomic E-state index is 0.0802. The first-order valence-corrected chi connectivity index (χ1v) is 11.2. The average Bonchev–Trinajstić information content (AvgIpc) is 3.36. The summed E-state index contributed by atoms with van der Waals surface area (Å²) >= 11 is 0. The number of ether oxygens (including phenoxy) is 2. The Morgan fingerprint density at radius 1 is 0.824 bits per heavy atom. The number of benzene rings is 3. The van der Waals surface area contributed by atoms with Crippen molar-refractivity contribution in [3.05, 3.63) is 90.0 Å². The Morgan fingerprint density at radius 2 is 1.56 bits per heavy atom. The quantitative estimate of drug-likeness (QED) is 0.589. The van der Waals surface area contributed by atoms with Crippen molar-refractivity contribution in [1.29, 1.82) is 0 Å². The van der Waals surface area contributed by atoms with E-state index >= 15 is 0 Å². The molecule has 0 spiro atoms. The maximum atomic E-state index is 13.2. The first kappa shape index (κ1) is 21.6. The molecule has 2 aliphatic heterocycles. The van der Waals surface area contributed by atoms with Crippen LogP contribution in [0.3, 0.4) is 0 Å². The van der Waals surface area contributed by atoms with E-state index in [1.54, 1.807) is 24.3 Å². The molecule has 1 N–H and O–H groups in total. The first-order chi connectivity index (χ1) is 16.7. The third-order valence-corrected chi connectivity index (χ3v) is 5.93. The minimum Gasteiger partial charge on any atom is -0.454 e. The average molecular weight is 456 g/mol. The van der Waals surface area contributed by atoms with Crippen molar-refractivity contribution >= 4 is 29.3 Å². The van der Waals surface area contributed by atoms with Gasteiger partial charge in [0.2, 0.25) is 12.7 Å². The summed E-state index contributed by atoms with van der Waals surface area (Å²) in [6.45, 7) is 2.99. The molecule has 34 heavy (non-hydrogen) atoms. The zero-order valence-electron chi connectivity index (χ0n) is 18.6. The smallest absolute Gasteiger partial charge is 0.256 e. The second-order valence-electron chi connectivity index (χ2n) is 8.10. The number of piperazine rings is 1. The SMILES string of the molecule is O=C(C=Cc1ccc2c(c1)OCO2)Nc1ccccc1C(=O)N1CCN(c2ccccc2)CC1. The maximum absolute atomic E-state index is 13.2. The highest BCUT2D eigenvalue weighted by Gasteiger charge is 2.24. The minimum atomic E-state index is -0.313. The van der Waals surface area contributed by atoms with Gasteiger partial charge in [-0.2, -0.15) is 0 Å². The van der Waals surface area contributed by atoms with E-state index in [9.17, 15) is 9.59 Å². The zero-order chi connectivity index (χ0) is 23.3. The molecule has 2 heterocycles. The van der Waals surface area contributed by atoms with Gasteiger partial charge in [0.15, 0.2) is 11.5 Å². The molecule has 0 radical (unpaired) electrons.